The van der Waals surface area contributed by atoms with Crippen molar-refractivity contribution in [1.29, 1.82) is 0 Å². The Kier molecular flexibility index (Phi) is 6.04. The first kappa shape index (κ1) is 19.0. The molecule has 0 saturated carbocycles. The van der Waals surface area contributed by atoms with Crippen molar-refractivity contribution in [2.75, 3.05) is 26.2 Å². The molecule has 0 aliphatic carbocycles. The molecule has 0 radical (unpaired) electrons. The fraction of sp³-hybridized carbons (Fsp3) is 0.500. The smallest absolute Gasteiger partial charge is 0.410 e. The average Bonchev–Trinajstić information content (AvgIpc) is 2.56. The number of fused-ring (bicyclic) bond motifs is 1. The van der Waals surface area contributed by atoms with Crippen LogP contribution in [0.15, 0.2) is 41.6 Å². The highest BCUT2D eigenvalue weighted by molar-refractivity contribution is 7.97. The summed E-state index contributed by atoms with van der Waals surface area (Å²) in [4.78, 5) is 19.6. The van der Waals surface area contributed by atoms with Crippen molar-refractivity contribution in [1.82, 2.24) is 14.2 Å². The molecular weight excluding hydrogens is 346 g/mol. The summed E-state index contributed by atoms with van der Waals surface area (Å²) in [6.07, 6.45) is 5.58. The van der Waals surface area contributed by atoms with Gasteiger partial charge in [0.05, 0.1) is 0 Å². The summed E-state index contributed by atoms with van der Waals surface area (Å²) in [5.41, 5.74) is -0.451. The van der Waals surface area contributed by atoms with Crippen molar-refractivity contribution in [3.8, 4) is 0 Å². The number of ether oxygens (including phenoxy) is 1. The van der Waals surface area contributed by atoms with E-state index in [4.69, 9.17) is 4.74 Å². The molecule has 0 atom stereocenters. The predicted molar refractivity (Wildman–Crippen MR) is 106 cm³/mol. The van der Waals surface area contributed by atoms with E-state index in [0.29, 0.717) is 6.54 Å². The number of hydrogen-bond donors (Lipinski definition) is 0. The minimum Gasteiger partial charge on any atom is -0.444 e. The quantitative estimate of drug-likeness (QED) is 0.721. The molecule has 1 aliphatic rings. The van der Waals surface area contributed by atoms with Crippen LogP contribution in [0.3, 0.4) is 0 Å². The van der Waals surface area contributed by atoms with Crippen molar-refractivity contribution < 1.29 is 9.53 Å². The molecule has 3 rings (SSSR count). The molecule has 0 unspecified atom stereocenters. The largest absolute Gasteiger partial charge is 0.444 e. The summed E-state index contributed by atoms with van der Waals surface area (Å²) in [5, 5.41) is 2.35. The Labute approximate surface area is 159 Å². The maximum absolute atomic E-state index is 12.4. The molecule has 5 nitrogen and oxygen atoms in total. The van der Waals surface area contributed by atoms with Crippen molar-refractivity contribution in [2.24, 2.45) is 0 Å². The standard InChI is InChI=1S/C20H27N3O2S/c1-20(2,3)25-19(24)22-10-4-5-11-23(13-12-22)26-18-7-6-17-15-21-9-8-16(17)14-18/h6-9,14-15H,4-5,10-13H2,1-3H3. The first-order valence-electron chi connectivity index (χ1n) is 9.15. The minimum atomic E-state index is -0.451. The van der Waals surface area contributed by atoms with Gasteiger partial charge in [-0.05, 0) is 69.1 Å². The van der Waals surface area contributed by atoms with Crippen molar-refractivity contribution >= 4 is 28.8 Å². The second-order valence-electron chi connectivity index (χ2n) is 7.58. The second kappa shape index (κ2) is 8.27. The van der Waals surface area contributed by atoms with Crippen LogP contribution in [0.2, 0.25) is 0 Å². The van der Waals surface area contributed by atoms with Crippen molar-refractivity contribution in [3.05, 3.63) is 36.7 Å². The van der Waals surface area contributed by atoms with Gasteiger partial charge in [-0.15, -0.1) is 0 Å². The maximum atomic E-state index is 12.4. The fourth-order valence-electron chi connectivity index (χ4n) is 2.91. The van der Waals surface area contributed by atoms with Crippen molar-refractivity contribution in [2.45, 2.75) is 44.1 Å². The van der Waals surface area contributed by atoms with Gasteiger partial charge in [-0.2, -0.15) is 0 Å². The van der Waals surface area contributed by atoms with Crippen LogP contribution in [0.5, 0.6) is 0 Å². The summed E-state index contributed by atoms with van der Waals surface area (Å²) < 4.78 is 7.88. The summed E-state index contributed by atoms with van der Waals surface area (Å²) in [6, 6.07) is 8.49. The molecule has 2 aromatic rings. The van der Waals surface area contributed by atoms with Crippen LogP contribution in [0, 0.1) is 0 Å². The predicted octanol–water partition coefficient (Wildman–Crippen LogP) is 4.57. The lowest BCUT2D eigenvalue weighted by atomic mass is 10.2. The molecule has 0 bridgehead atoms. The van der Waals surface area contributed by atoms with Gasteiger partial charge in [0.25, 0.3) is 0 Å². The summed E-state index contributed by atoms with van der Waals surface area (Å²) in [5.74, 6) is 0. The molecular formula is C20H27N3O2S. The van der Waals surface area contributed by atoms with Crippen LogP contribution >= 0.6 is 11.9 Å². The van der Waals surface area contributed by atoms with Crippen LogP contribution < -0.4 is 0 Å². The number of aromatic nitrogens is 1. The zero-order chi connectivity index (χ0) is 18.6. The van der Waals surface area contributed by atoms with Gasteiger partial charge in [0.1, 0.15) is 5.60 Å². The topological polar surface area (TPSA) is 45.7 Å². The highest BCUT2D eigenvalue weighted by Crippen LogP contribution is 2.27. The number of benzene rings is 1. The highest BCUT2D eigenvalue weighted by Gasteiger charge is 2.23. The van der Waals surface area contributed by atoms with Gasteiger partial charge in [-0.3, -0.25) is 4.98 Å². The molecule has 1 aliphatic heterocycles. The number of amides is 1. The molecule has 0 N–H and O–H groups in total. The van der Waals surface area contributed by atoms with Crippen LogP contribution in [-0.2, 0) is 4.74 Å². The van der Waals surface area contributed by atoms with Gasteiger partial charge in [-0.1, -0.05) is 6.07 Å². The monoisotopic (exact) mass is 373 g/mol. The van der Waals surface area contributed by atoms with Gasteiger partial charge in [0.15, 0.2) is 0 Å². The minimum absolute atomic E-state index is 0.206. The zero-order valence-electron chi connectivity index (χ0n) is 15.8. The SMILES string of the molecule is CC(C)(C)OC(=O)N1CCCCN(Sc2ccc3cnccc3c2)CC1. The van der Waals surface area contributed by atoms with Crippen LogP contribution in [0.25, 0.3) is 10.8 Å². The fourth-order valence-corrected chi connectivity index (χ4v) is 3.91. The highest BCUT2D eigenvalue weighted by atomic mass is 32.2. The van der Waals surface area contributed by atoms with E-state index in [1.807, 2.05) is 44.1 Å². The lowest BCUT2D eigenvalue weighted by molar-refractivity contribution is 0.0230. The van der Waals surface area contributed by atoms with Gasteiger partial charge in [0.2, 0.25) is 0 Å². The first-order chi connectivity index (χ1) is 12.4. The lowest BCUT2D eigenvalue weighted by Crippen LogP contribution is -2.42. The molecule has 1 amide bonds. The molecule has 26 heavy (non-hydrogen) atoms. The molecule has 1 aromatic heterocycles. The van der Waals surface area contributed by atoms with Gasteiger partial charge >= 0.3 is 6.09 Å². The molecule has 6 heteroatoms. The Bertz CT molecular complexity index is 760. The van der Waals surface area contributed by atoms with Crippen LogP contribution in [0.4, 0.5) is 4.79 Å². The van der Waals surface area contributed by atoms with E-state index in [9.17, 15) is 4.79 Å². The summed E-state index contributed by atoms with van der Waals surface area (Å²) >= 11 is 1.76. The van der Waals surface area contributed by atoms with E-state index in [1.165, 1.54) is 10.3 Å². The van der Waals surface area contributed by atoms with E-state index in [-0.39, 0.29) is 6.09 Å². The average molecular weight is 374 g/mol. The normalized spacial score (nSPS) is 17.0. The molecule has 0 spiro atoms. The Morgan fingerprint density at radius 3 is 2.69 bits per heavy atom. The summed E-state index contributed by atoms with van der Waals surface area (Å²) in [6.45, 7) is 9.06. The van der Waals surface area contributed by atoms with E-state index < -0.39 is 5.60 Å². The molecule has 1 aromatic carbocycles. The first-order valence-corrected chi connectivity index (χ1v) is 9.93. The van der Waals surface area contributed by atoms with Gasteiger partial charge in [-0.25, -0.2) is 9.10 Å². The number of hydrogen-bond acceptors (Lipinski definition) is 5. The van der Waals surface area contributed by atoms with E-state index in [1.54, 1.807) is 11.9 Å². The Hall–Kier alpha value is -1.79. The third-order valence-corrected chi connectivity index (χ3v) is 5.29. The van der Waals surface area contributed by atoms with Crippen LogP contribution in [-0.4, -0.2) is 52.1 Å². The number of carbonyl (C=O) groups excluding carboxylic acids is 1. The molecule has 1 saturated heterocycles. The number of nitrogens with zero attached hydrogens (tertiary/aromatic N) is 3. The summed E-state index contributed by atoms with van der Waals surface area (Å²) in [7, 11) is 0. The number of rotatable bonds is 2. The molecule has 1 fully saturated rings. The van der Waals surface area contributed by atoms with Crippen LogP contribution in [0.1, 0.15) is 33.6 Å². The molecule has 2 heterocycles. The Balaban J connectivity index is 1.62. The van der Waals surface area contributed by atoms with E-state index >= 15 is 0 Å². The van der Waals surface area contributed by atoms with Gasteiger partial charge in [0, 0.05) is 48.9 Å². The Morgan fingerprint density at radius 2 is 1.88 bits per heavy atom. The van der Waals surface area contributed by atoms with E-state index in [0.717, 1.165) is 37.9 Å². The third kappa shape index (κ3) is 5.35. The maximum Gasteiger partial charge on any atom is 0.410 e. The number of carbonyl (C=O) groups is 1. The van der Waals surface area contributed by atoms with Gasteiger partial charge < -0.3 is 9.64 Å². The Morgan fingerprint density at radius 1 is 1.08 bits per heavy atom. The van der Waals surface area contributed by atoms with Crippen molar-refractivity contribution in [3.63, 3.8) is 0 Å². The molecule has 140 valence electrons. The zero-order valence-corrected chi connectivity index (χ0v) is 16.6. The second-order valence-corrected chi connectivity index (χ2v) is 8.75. The number of pyridine rings is 1. The van der Waals surface area contributed by atoms with E-state index in [2.05, 4.69) is 27.5 Å². The lowest BCUT2D eigenvalue weighted by Gasteiger charge is -2.31. The third-order valence-electron chi connectivity index (χ3n) is 4.20.